The average molecular weight is 248 g/mol. The lowest BCUT2D eigenvalue weighted by atomic mass is 9.75. The minimum atomic E-state index is -0.401. The van der Waals surface area contributed by atoms with Crippen LogP contribution in [0, 0.1) is 0 Å². The Kier molecular flexibility index (Phi) is 4.41. The summed E-state index contributed by atoms with van der Waals surface area (Å²) >= 11 is 0. The maximum Gasteiger partial charge on any atom is 0.0817 e. The number of hydrogen-bond donors (Lipinski definition) is 1. The Morgan fingerprint density at radius 2 is 2.17 bits per heavy atom. The molecule has 2 nitrogen and oxygen atoms in total. The van der Waals surface area contributed by atoms with E-state index in [1.807, 2.05) is 12.1 Å². The highest BCUT2D eigenvalue weighted by Crippen LogP contribution is 2.41. The van der Waals surface area contributed by atoms with Crippen molar-refractivity contribution in [2.24, 2.45) is 0 Å². The van der Waals surface area contributed by atoms with Gasteiger partial charge in [0.2, 0.25) is 0 Å². The van der Waals surface area contributed by atoms with E-state index in [0.29, 0.717) is 0 Å². The van der Waals surface area contributed by atoms with Crippen molar-refractivity contribution in [3.63, 3.8) is 0 Å². The van der Waals surface area contributed by atoms with Gasteiger partial charge in [-0.1, -0.05) is 37.6 Å². The molecule has 100 valence electrons. The average Bonchev–Trinajstić information content (AvgIpc) is 2.34. The molecule has 0 heterocycles. The molecular formula is C16H24O2. The van der Waals surface area contributed by atoms with Crippen LogP contribution in [0.25, 0.3) is 0 Å². The molecule has 0 radical (unpaired) electrons. The smallest absolute Gasteiger partial charge is 0.0817 e. The minimum Gasteiger partial charge on any atom is -0.388 e. The molecule has 2 rings (SSSR count). The number of hydrogen-bond acceptors (Lipinski definition) is 2. The minimum absolute atomic E-state index is 0.0693. The number of aliphatic hydroxyl groups excluding tert-OH is 1. The molecule has 1 aromatic carbocycles. The molecule has 1 aliphatic carbocycles. The molecule has 1 aliphatic rings. The van der Waals surface area contributed by atoms with E-state index in [-0.39, 0.29) is 5.60 Å². The van der Waals surface area contributed by atoms with Crippen LogP contribution in [-0.2, 0) is 11.2 Å². The molecule has 0 bridgehead atoms. The third kappa shape index (κ3) is 2.93. The molecule has 0 amide bonds. The van der Waals surface area contributed by atoms with Gasteiger partial charge in [-0.15, -0.1) is 0 Å². The lowest BCUT2D eigenvalue weighted by Gasteiger charge is -2.41. The van der Waals surface area contributed by atoms with Gasteiger partial charge in [0.15, 0.2) is 0 Å². The predicted molar refractivity (Wildman–Crippen MR) is 73.6 cm³/mol. The van der Waals surface area contributed by atoms with Crippen LogP contribution in [0.1, 0.15) is 56.3 Å². The summed E-state index contributed by atoms with van der Waals surface area (Å²) in [5.74, 6) is 0. The van der Waals surface area contributed by atoms with Gasteiger partial charge in [0.05, 0.1) is 11.7 Å². The molecule has 18 heavy (non-hydrogen) atoms. The zero-order chi connectivity index (χ0) is 13.0. The largest absolute Gasteiger partial charge is 0.388 e. The summed E-state index contributed by atoms with van der Waals surface area (Å²) in [6.45, 7) is 2.18. The first-order valence-corrected chi connectivity index (χ1v) is 7.01. The van der Waals surface area contributed by atoms with Crippen molar-refractivity contribution in [3.8, 4) is 0 Å². The summed E-state index contributed by atoms with van der Waals surface area (Å²) in [5, 5.41) is 10.4. The molecule has 1 aromatic rings. The van der Waals surface area contributed by atoms with Crippen molar-refractivity contribution in [1.29, 1.82) is 0 Å². The van der Waals surface area contributed by atoms with Crippen molar-refractivity contribution in [2.45, 2.75) is 57.2 Å². The van der Waals surface area contributed by atoms with Gasteiger partial charge >= 0.3 is 0 Å². The first-order valence-electron chi connectivity index (χ1n) is 7.01. The van der Waals surface area contributed by atoms with Crippen molar-refractivity contribution in [3.05, 3.63) is 35.4 Å². The maximum atomic E-state index is 10.4. The number of methoxy groups -OCH3 is 1. The molecule has 1 saturated carbocycles. The predicted octanol–water partition coefficient (Wildman–Crippen LogP) is 3.63. The SMILES string of the molecule is CCCc1cccc(C(O)CC2(OC)CCC2)c1. The molecule has 1 fully saturated rings. The van der Waals surface area contributed by atoms with Crippen molar-refractivity contribution in [1.82, 2.24) is 0 Å². The first-order chi connectivity index (χ1) is 8.69. The lowest BCUT2D eigenvalue weighted by molar-refractivity contribution is -0.0999. The van der Waals surface area contributed by atoms with Gasteiger partial charge in [0.1, 0.15) is 0 Å². The molecule has 2 heteroatoms. The van der Waals surface area contributed by atoms with Crippen molar-refractivity contribution < 1.29 is 9.84 Å². The van der Waals surface area contributed by atoms with Gasteiger partial charge in [-0.25, -0.2) is 0 Å². The topological polar surface area (TPSA) is 29.5 Å². The van der Waals surface area contributed by atoms with Gasteiger partial charge < -0.3 is 9.84 Å². The van der Waals surface area contributed by atoms with E-state index in [9.17, 15) is 5.11 Å². The molecule has 0 aromatic heterocycles. The molecule has 1 atom stereocenters. The first kappa shape index (κ1) is 13.6. The van der Waals surface area contributed by atoms with Gasteiger partial charge in [-0.2, -0.15) is 0 Å². The molecule has 0 spiro atoms. The molecular weight excluding hydrogens is 224 g/mol. The summed E-state index contributed by atoms with van der Waals surface area (Å²) < 4.78 is 5.58. The second-order valence-electron chi connectivity index (χ2n) is 5.46. The second kappa shape index (κ2) is 5.85. The van der Waals surface area contributed by atoms with Crippen LogP contribution in [0.15, 0.2) is 24.3 Å². The highest BCUT2D eigenvalue weighted by molar-refractivity contribution is 5.25. The van der Waals surface area contributed by atoms with E-state index in [1.165, 1.54) is 12.0 Å². The fourth-order valence-electron chi connectivity index (χ4n) is 2.78. The third-order valence-electron chi connectivity index (χ3n) is 4.14. The Labute approximate surface area is 110 Å². The zero-order valence-electron chi connectivity index (χ0n) is 11.5. The molecule has 0 aliphatic heterocycles. The van der Waals surface area contributed by atoms with Crippen LogP contribution >= 0.6 is 0 Å². The van der Waals surface area contributed by atoms with E-state index in [1.54, 1.807) is 7.11 Å². The summed E-state index contributed by atoms with van der Waals surface area (Å²) in [5.41, 5.74) is 2.28. The summed E-state index contributed by atoms with van der Waals surface area (Å²) in [7, 11) is 1.76. The van der Waals surface area contributed by atoms with E-state index in [4.69, 9.17) is 4.74 Å². The van der Waals surface area contributed by atoms with Gasteiger partial charge in [0, 0.05) is 13.5 Å². The zero-order valence-corrected chi connectivity index (χ0v) is 11.5. The number of ether oxygens (including phenoxy) is 1. The number of aryl methyl sites for hydroxylation is 1. The Morgan fingerprint density at radius 1 is 1.39 bits per heavy atom. The van der Waals surface area contributed by atoms with Crippen molar-refractivity contribution >= 4 is 0 Å². The Balaban J connectivity index is 2.03. The molecule has 1 N–H and O–H groups in total. The highest BCUT2D eigenvalue weighted by Gasteiger charge is 2.38. The molecule has 0 saturated heterocycles. The van der Waals surface area contributed by atoms with E-state index < -0.39 is 6.10 Å². The van der Waals surface area contributed by atoms with Gasteiger partial charge in [0.25, 0.3) is 0 Å². The Morgan fingerprint density at radius 3 is 2.72 bits per heavy atom. The fraction of sp³-hybridized carbons (Fsp3) is 0.625. The summed E-state index contributed by atoms with van der Waals surface area (Å²) in [6.07, 6.45) is 5.92. The normalized spacial score (nSPS) is 19.3. The Bertz CT molecular complexity index is 377. The van der Waals surface area contributed by atoms with Crippen LogP contribution in [0.5, 0.6) is 0 Å². The lowest BCUT2D eigenvalue weighted by Crippen LogP contribution is -2.40. The highest BCUT2D eigenvalue weighted by atomic mass is 16.5. The van der Waals surface area contributed by atoms with Gasteiger partial charge in [-0.05, 0) is 36.8 Å². The number of rotatable bonds is 6. The number of benzene rings is 1. The monoisotopic (exact) mass is 248 g/mol. The van der Waals surface area contributed by atoms with Crippen LogP contribution in [0.4, 0.5) is 0 Å². The van der Waals surface area contributed by atoms with Crippen LogP contribution < -0.4 is 0 Å². The fourth-order valence-corrected chi connectivity index (χ4v) is 2.78. The van der Waals surface area contributed by atoms with Gasteiger partial charge in [-0.3, -0.25) is 0 Å². The quantitative estimate of drug-likeness (QED) is 0.833. The summed E-state index contributed by atoms with van der Waals surface area (Å²) in [4.78, 5) is 0. The van der Waals surface area contributed by atoms with E-state index in [2.05, 4.69) is 19.1 Å². The van der Waals surface area contributed by atoms with Crippen molar-refractivity contribution in [2.75, 3.05) is 7.11 Å². The van der Waals surface area contributed by atoms with Crippen LogP contribution in [-0.4, -0.2) is 17.8 Å². The second-order valence-corrected chi connectivity index (χ2v) is 5.46. The van der Waals surface area contributed by atoms with Crippen LogP contribution in [0.3, 0.4) is 0 Å². The van der Waals surface area contributed by atoms with E-state index in [0.717, 1.165) is 37.7 Å². The molecule has 1 unspecified atom stereocenters. The third-order valence-corrected chi connectivity index (χ3v) is 4.14. The standard InChI is InChI=1S/C16H24O2/c1-3-6-13-7-4-8-14(11-13)15(17)12-16(18-2)9-5-10-16/h4,7-8,11,15,17H,3,5-6,9-10,12H2,1-2H3. The number of aliphatic hydroxyl groups is 1. The van der Waals surface area contributed by atoms with E-state index >= 15 is 0 Å². The Hall–Kier alpha value is -0.860. The van der Waals surface area contributed by atoms with Crippen LogP contribution in [0.2, 0.25) is 0 Å². The summed E-state index contributed by atoms with van der Waals surface area (Å²) in [6, 6.07) is 8.33. The maximum absolute atomic E-state index is 10.4.